The van der Waals surface area contributed by atoms with E-state index in [1.54, 1.807) is 26.0 Å². The number of fused-ring (bicyclic) bond motifs is 1. The number of ether oxygens (including phenoxy) is 2. The summed E-state index contributed by atoms with van der Waals surface area (Å²) in [4.78, 5) is 26.6. The second kappa shape index (κ2) is 9.60. The highest BCUT2D eigenvalue weighted by atomic mass is 32.2. The van der Waals surface area contributed by atoms with Crippen LogP contribution in [0.15, 0.2) is 47.4 Å². The molecule has 172 valence electrons. The Labute approximate surface area is 188 Å². The largest absolute Gasteiger partial charge is 0.496 e. The maximum absolute atomic E-state index is 13.4. The van der Waals surface area contributed by atoms with Crippen LogP contribution in [0.3, 0.4) is 0 Å². The van der Waals surface area contributed by atoms with Gasteiger partial charge in [0, 0.05) is 19.6 Å². The van der Waals surface area contributed by atoms with Crippen molar-refractivity contribution in [3.8, 4) is 5.75 Å². The van der Waals surface area contributed by atoms with Gasteiger partial charge in [0.05, 0.1) is 36.3 Å². The van der Waals surface area contributed by atoms with Crippen LogP contribution in [0.2, 0.25) is 0 Å². The summed E-state index contributed by atoms with van der Waals surface area (Å²) in [6.07, 6.45) is 0.631. The second-order valence-electron chi connectivity index (χ2n) is 7.59. The Hall–Kier alpha value is -3.07. The molecule has 3 rings (SSSR count). The van der Waals surface area contributed by atoms with Gasteiger partial charge >= 0.3 is 5.97 Å². The first-order valence-corrected chi connectivity index (χ1v) is 11.8. The fraction of sp³-hybridized carbons (Fsp3) is 0.391. The minimum Gasteiger partial charge on any atom is -0.496 e. The standard InChI is InChI=1S/C23H28N2O6S/c1-5-24(15-16(2)23(27)31-4)22(26)19-14-18(10-11-21(19)30-3)32(28,29)25-13-12-17-8-6-7-9-20(17)25/h6-11,14,16H,5,12-13,15H2,1-4H3. The number of sulfonamides is 1. The molecular formula is C23H28N2O6S. The number of benzene rings is 2. The van der Waals surface area contributed by atoms with E-state index >= 15 is 0 Å². The zero-order chi connectivity index (χ0) is 23.5. The molecule has 9 heteroatoms. The fourth-order valence-corrected chi connectivity index (χ4v) is 5.36. The minimum absolute atomic E-state index is 0.00965. The first-order valence-electron chi connectivity index (χ1n) is 10.4. The van der Waals surface area contributed by atoms with Crippen LogP contribution in [0.5, 0.6) is 5.75 Å². The number of rotatable bonds is 8. The minimum atomic E-state index is -3.87. The fourth-order valence-electron chi connectivity index (χ4n) is 3.83. The third kappa shape index (κ3) is 4.43. The molecule has 0 N–H and O–H groups in total. The summed E-state index contributed by atoms with van der Waals surface area (Å²) in [5.41, 5.74) is 1.74. The molecule has 1 atom stereocenters. The van der Waals surface area contributed by atoms with E-state index < -0.39 is 27.8 Å². The molecule has 0 aromatic heterocycles. The zero-order valence-electron chi connectivity index (χ0n) is 18.7. The van der Waals surface area contributed by atoms with Gasteiger partial charge in [-0.3, -0.25) is 13.9 Å². The molecule has 0 fully saturated rings. The van der Waals surface area contributed by atoms with Crippen LogP contribution in [0.25, 0.3) is 0 Å². The summed E-state index contributed by atoms with van der Waals surface area (Å²) in [5.74, 6) is -1.10. The Balaban J connectivity index is 1.96. The third-order valence-electron chi connectivity index (χ3n) is 5.60. The SMILES string of the molecule is CCN(CC(C)C(=O)OC)C(=O)c1cc(S(=O)(=O)N2CCc3ccccc32)ccc1OC. The van der Waals surface area contributed by atoms with Crippen molar-refractivity contribution in [2.45, 2.75) is 25.2 Å². The number of carbonyl (C=O) groups is 2. The molecule has 0 saturated heterocycles. The number of hydrogen-bond donors (Lipinski definition) is 0. The number of para-hydroxylation sites is 1. The van der Waals surface area contributed by atoms with Gasteiger partial charge < -0.3 is 14.4 Å². The Morgan fingerprint density at radius 3 is 2.53 bits per heavy atom. The molecule has 2 aromatic carbocycles. The van der Waals surface area contributed by atoms with E-state index in [1.165, 1.54) is 41.6 Å². The third-order valence-corrected chi connectivity index (χ3v) is 7.41. The van der Waals surface area contributed by atoms with Gasteiger partial charge in [0.25, 0.3) is 15.9 Å². The average Bonchev–Trinajstić information content (AvgIpc) is 3.26. The number of amides is 1. The van der Waals surface area contributed by atoms with Crippen molar-refractivity contribution in [2.24, 2.45) is 5.92 Å². The Bertz CT molecular complexity index is 1120. The van der Waals surface area contributed by atoms with Crippen molar-refractivity contribution in [1.29, 1.82) is 0 Å². The summed E-state index contributed by atoms with van der Waals surface area (Å²) in [7, 11) is -1.16. The monoisotopic (exact) mass is 460 g/mol. The molecule has 0 saturated carbocycles. The molecule has 1 unspecified atom stereocenters. The molecule has 1 aliphatic rings. The van der Waals surface area contributed by atoms with Gasteiger partial charge in [-0.2, -0.15) is 0 Å². The highest BCUT2D eigenvalue weighted by Crippen LogP contribution is 2.34. The molecule has 0 bridgehead atoms. The highest BCUT2D eigenvalue weighted by Gasteiger charge is 2.32. The Morgan fingerprint density at radius 2 is 1.88 bits per heavy atom. The summed E-state index contributed by atoms with van der Waals surface area (Å²) in [5, 5.41) is 0. The van der Waals surface area contributed by atoms with Gasteiger partial charge in [-0.25, -0.2) is 8.42 Å². The molecule has 1 heterocycles. The predicted molar refractivity (Wildman–Crippen MR) is 120 cm³/mol. The van der Waals surface area contributed by atoms with E-state index in [1.807, 2.05) is 12.1 Å². The second-order valence-corrected chi connectivity index (χ2v) is 9.45. The van der Waals surface area contributed by atoms with Crippen molar-refractivity contribution >= 4 is 27.6 Å². The van der Waals surface area contributed by atoms with Gasteiger partial charge in [0.2, 0.25) is 0 Å². The summed E-state index contributed by atoms with van der Waals surface area (Å²) in [6, 6.07) is 11.7. The summed E-state index contributed by atoms with van der Waals surface area (Å²) in [6.45, 7) is 4.27. The lowest BCUT2D eigenvalue weighted by Crippen LogP contribution is -2.37. The van der Waals surface area contributed by atoms with Crippen molar-refractivity contribution in [1.82, 2.24) is 4.90 Å². The summed E-state index contributed by atoms with van der Waals surface area (Å²) >= 11 is 0. The molecular weight excluding hydrogens is 432 g/mol. The highest BCUT2D eigenvalue weighted by molar-refractivity contribution is 7.92. The number of methoxy groups -OCH3 is 2. The quantitative estimate of drug-likeness (QED) is 0.563. The van der Waals surface area contributed by atoms with E-state index in [9.17, 15) is 18.0 Å². The van der Waals surface area contributed by atoms with E-state index in [0.29, 0.717) is 25.2 Å². The molecule has 0 spiro atoms. The molecule has 0 aliphatic carbocycles. The smallest absolute Gasteiger partial charge is 0.310 e. The van der Waals surface area contributed by atoms with Crippen LogP contribution in [0.1, 0.15) is 29.8 Å². The van der Waals surface area contributed by atoms with Crippen molar-refractivity contribution in [3.63, 3.8) is 0 Å². The molecule has 0 radical (unpaired) electrons. The van der Waals surface area contributed by atoms with Crippen molar-refractivity contribution in [3.05, 3.63) is 53.6 Å². The first-order chi connectivity index (χ1) is 15.2. The van der Waals surface area contributed by atoms with E-state index in [-0.39, 0.29) is 22.8 Å². The predicted octanol–water partition coefficient (Wildman–Crippen LogP) is 2.72. The topological polar surface area (TPSA) is 93.2 Å². The maximum atomic E-state index is 13.4. The summed E-state index contributed by atoms with van der Waals surface area (Å²) < 4.78 is 38.3. The van der Waals surface area contributed by atoms with Crippen LogP contribution in [-0.4, -0.2) is 59.0 Å². The Morgan fingerprint density at radius 1 is 1.16 bits per heavy atom. The van der Waals surface area contributed by atoms with E-state index in [0.717, 1.165) is 5.56 Å². The molecule has 1 aliphatic heterocycles. The lowest BCUT2D eigenvalue weighted by atomic mass is 10.1. The number of nitrogens with zero attached hydrogens (tertiary/aromatic N) is 2. The first kappa shape index (κ1) is 23.6. The van der Waals surface area contributed by atoms with Gasteiger partial charge in [-0.05, 0) is 43.2 Å². The van der Waals surface area contributed by atoms with Gasteiger partial charge in [-0.1, -0.05) is 25.1 Å². The van der Waals surface area contributed by atoms with E-state index in [2.05, 4.69) is 0 Å². The zero-order valence-corrected chi connectivity index (χ0v) is 19.5. The van der Waals surface area contributed by atoms with Crippen LogP contribution in [-0.2, 0) is 26.0 Å². The van der Waals surface area contributed by atoms with Crippen LogP contribution < -0.4 is 9.04 Å². The van der Waals surface area contributed by atoms with E-state index in [4.69, 9.17) is 9.47 Å². The van der Waals surface area contributed by atoms with Gasteiger partial charge in [0.15, 0.2) is 0 Å². The lowest BCUT2D eigenvalue weighted by molar-refractivity contribution is -0.145. The molecule has 32 heavy (non-hydrogen) atoms. The molecule has 8 nitrogen and oxygen atoms in total. The normalized spacial score (nSPS) is 13.9. The molecule has 1 amide bonds. The number of esters is 1. The molecule has 2 aromatic rings. The van der Waals surface area contributed by atoms with Gasteiger partial charge in [0.1, 0.15) is 5.75 Å². The number of hydrogen-bond acceptors (Lipinski definition) is 6. The van der Waals surface area contributed by atoms with Crippen LogP contribution in [0, 0.1) is 5.92 Å². The Kier molecular flexibility index (Phi) is 7.08. The number of anilines is 1. The van der Waals surface area contributed by atoms with Crippen molar-refractivity contribution < 1.29 is 27.5 Å². The number of carbonyl (C=O) groups excluding carboxylic acids is 2. The van der Waals surface area contributed by atoms with Gasteiger partial charge in [-0.15, -0.1) is 0 Å². The van der Waals surface area contributed by atoms with Crippen LogP contribution in [0.4, 0.5) is 5.69 Å². The van der Waals surface area contributed by atoms with Crippen molar-refractivity contribution in [2.75, 3.05) is 38.2 Å². The lowest BCUT2D eigenvalue weighted by Gasteiger charge is -2.25. The average molecular weight is 461 g/mol. The maximum Gasteiger partial charge on any atom is 0.310 e. The van der Waals surface area contributed by atoms with Crippen LogP contribution >= 0.6 is 0 Å².